The molecule has 0 aliphatic carbocycles. The Morgan fingerprint density at radius 1 is 1.04 bits per heavy atom. The quantitative estimate of drug-likeness (QED) is 0.927. The number of hydrogen-bond acceptors (Lipinski definition) is 2. The fourth-order valence-corrected chi connectivity index (χ4v) is 3.41. The predicted molar refractivity (Wildman–Crippen MR) is 92.0 cm³/mol. The van der Waals surface area contributed by atoms with Crippen molar-refractivity contribution in [1.29, 1.82) is 0 Å². The number of amides is 1. The number of carboxylic acid groups (broad SMARTS) is 1. The average molecular weight is 344 g/mol. The third kappa shape index (κ3) is 3.44. The van der Waals surface area contributed by atoms with E-state index in [2.05, 4.69) is 0 Å². The molecule has 1 heterocycles. The Morgan fingerprint density at radius 3 is 2.38 bits per heavy atom. The number of carbonyl (C=O) groups is 2. The highest BCUT2D eigenvalue weighted by molar-refractivity contribution is 6.31. The summed E-state index contributed by atoms with van der Waals surface area (Å²) in [5.74, 6) is -1.72. The molecule has 2 aromatic carbocycles. The molecule has 2 unspecified atom stereocenters. The number of halogens is 1. The number of hydrogen-bond donors (Lipinski definition) is 1. The molecule has 0 radical (unpaired) electrons. The molecular weight excluding hydrogens is 326 g/mol. The maximum Gasteiger partial charge on any atom is 0.308 e. The van der Waals surface area contributed by atoms with Crippen molar-refractivity contribution in [1.82, 2.24) is 4.90 Å². The molecular formula is C19H18ClNO3. The molecule has 2 atom stereocenters. The van der Waals surface area contributed by atoms with Gasteiger partial charge in [-0.15, -0.1) is 0 Å². The number of aliphatic carboxylic acids is 1. The Balaban J connectivity index is 1.77. The van der Waals surface area contributed by atoms with Crippen LogP contribution in [0.15, 0.2) is 54.6 Å². The highest BCUT2D eigenvalue weighted by Gasteiger charge is 2.40. The molecule has 124 valence electrons. The molecule has 1 saturated heterocycles. The molecule has 0 bridgehead atoms. The van der Waals surface area contributed by atoms with Crippen LogP contribution in [0.2, 0.25) is 5.02 Å². The Hall–Kier alpha value is -2.33. The van der Waals surface area contributed by atoms with Gasteiger partial charge >= 0.3 is 5.97 Å². The van der Waals surface area contributed by atoms with E-state index in [1.807, 2.05) is 48.5 Å². The van der Waals surface area contributed by atoms with E-state index in [1.54, 1.807) is 11.0 Å². The number of rotatable bonds is 4. The number of nitrogens with zero attached hydrogens (tertiary/aromatic N) is 1. The standard InChI is InChI=1S/C19H18ClNO3/c20-17-9-5-4-8-14(17)10-18(22)21-11-15(16(12-21)19(23)24)13-6-2-1-3-7-13/h1-9,15-16H,10-12H2,(H,23,24). The summed E-state index contributed by atoms with van der Waals surface area (Å²) in [5.41, 5.74) is 1.72. The van der Waals surface area contributed by atoms with Gasteiger partial charge < -0.3 is 10.0 Å². The largest absolute Gasteiger partial charge is 0.481 e. The molecule has 1 aliphatic heterocycles. The Kier molecular flexibility index (Phi) is 4.86. The zero-order valence-electron chi connectivity index (χ0n) is 13.1. The van der Waals surface area contributed by atoms with Gasteiger partial charge in [0.25, 0.3) is 0 Å². The number of carboxylic acids is 1. The Morgan fingerprint density at radius 2 is 1.71 bits per heavy atom. The van der Waals surface area contributed by atoms with Crippen LogP contribution in [0.5, 0.6) is 0 Å². The first-order valence-corrected chi connectivity index (χ1v) is 8.23. The molecule has 2 aromatic rings. The Labute approximate surface area is 145 Å². The van der Waals surface area contributed by atoms with Gasteiger partial charge in [0.2, 0.25) is 5.91 Å². The summed E-state index contributed by atoms with van der Waals surface area (Å²) in [6.07, 6.45) is 0.188. The van der Waals surface area contributed by atoms with E-state index in [9.17, 15) is 14.7 Å². The van der Waals surface area contributed by atoms with Crippen molar-refractivity contribution in [3.63, 3.8) is 0 Å². The van der Waals surface area contributed by atoms with Gasteiger partial charge in [0.1, 0.15) is 0 Å². The van der Waals surface area contributed by atoms with Crippen LogP contribution in [-0.2, 0) is 16.0 Å². The van der Waals surface area contributed by atoms with E-state index < -0.39 is 11.9 Å². The van der Waals surface area contributed by atoms with Crippen molar-refractivity contribution in [2.45, 2.75) is 12.3 Å². The molecule has 0 aromatic heterocycles. The summed E-state index contributed by atoms with van der Waals surface area (Å²) < 4.78 is 0. The van der Waals surface area contributed by atoms with Crippen LogP contribution in [0, 0.1) is 5.92 Å². The van der Waals surface area contributed by atoms with Gasteiger partial charge in [-0.3, -0.25) is 9.59 Å². The van der Waals surface area contributed by atoms with Crippen LogP contribution < -0.4 is 0 Å². The summed E-state index contributed by atoms with van der Waals surface area (Å²) in [7, 11) is 0. The molecule has 1 aliphatic rings. The highest BCUT2D eigenvalue weighted by Crippen LogP contribution is 2.33. The summed E-state index contributed by atoms with van der Waals surface area (Å²) in [6.45, 7) is 0.655. The fraction of sp³-hybridized carbons (Fsp3) is 0.263. The number of carbonyl (C=O) groups excluding carboxylic acids is 1. The smallest absolute Gasteiger partial charge is 0.308 e. The van der Waals surface area contributed by atoms with Crippen molar-refractivity contribution in [3.05, 3.63) is 70.7 Å². The van der Waals surface area contributed by atoms with E-state index in [4.69, 9.17) is 11.6 Å². The van der Waals surface area contributed by atoms with Crippen LogP contribution in [0.4, 0.5) is 0 Å². The molecule has 1 N–H and O–H groups in total. The van der Waals surface area contributed by atoms with Crippen LogP contribution >= 0.6 is 11.6 Å². The molecule has 3 rings (SSSR count). The number of likely N-dealkylation sites (tertiary alicyclic amines) is 1. The zero-order chi connectivity index (χ0) is 17.1. The molecule has 5 heteroatoms. The number of benzene rings is 2. The average Bonchev–Trinajstić information content (AvgIpc) is 3.03. The van der Waals surface area contributed by atoms with Crippen molar-refractivity contribution in [2.24, 2.45) is 5.92 Å². The molecule has 1 fully saturated rings. The second-order valence-corrected chi connectivity index (χ2v) is 6.44. The molecule has 0 spiro atoms. The molecule has 1 amide bonds. The summed E-state index contributed by atoms with van der Waals surface area (Å²) in [5, 5.41) is 10.1. The SMILES string of the molecule is O=C(O)C1CN(C(=O)Cc2ccccc2Cl)CC1c1ccccc1. The van der Waals surface area contributed by atoms with E-state index in [0.717, 1.165) is 11.1 Å². The first-order valence-electron chi connectivity index (χ1n) is 7.85. The minimum Gasteiger partial charge on any atom is -0.481 e. The van der Waals surface area contributed by atoms with Gasteiger partial charge in [-0.25, -0.2) is 0 Å². The molecule has 4 nitrogen and oxygen atoms in total. The van der Waals surface area contributed by atoms with E-state index in [0.29, 0.717) is 11.6 Å². The van der Waals surface area contributed by atoms with Crippen LogP contribution in [0.25, 0.3) is 0 Å². The minimum atomic E-state index is -0.864. The van der Waals surface area contributed by atoms with Gasteiger partial charge in [0.15, 0.2) is 0 Å². The second-order valence-electron chi connectivity index (χ2n) is 6.03. The third-order valence-corrected chi connectivity index (χ3v) is 4.89. The lowest BCUT2D eigenvalue weighted by Gasteiger charge is -2.17. The summed E-state index contributed by atoms with van der Waals surface area (Å²) in [6, 6.07) is 16.7. The highest BCUT2D eigenvalue weighted by atomic mass is 35.5. The van der Waals surface area contributed by atoms with Crippen molar-refractivity contribution >= 4 is 23.5 Å². The van der Waals surface area contributed by atoms with Gasteiger partial charge in [0, 0.05) is 24.0 Å². The second kappa shape index (κ2) is 7.05. The lowest BCUT2D eigenvalue weighted by Crippen LogP contribution is -2.31. The normalized spacial score (nSPS) is 20.1. The van der Waals surface area contributed by atoms with Crippen LogP contribution in [-0.4, -0.2) is 35.0 Å². The predicted octanol–water partition coefficient (Wildman–Crippen LogP) is 3.21. The van der Waals surface area contributed by atoms with Gasteiger partial charge in [-0.1, -0.05) is 60.1 Å². The van der Waals surface area contributed by atoms with E-state index in [1.165, 1.54) is 0 Å². The van der Waals surface area contributed by atoms with E-state index >= 15 is 0 Å². The van der Waals surface area contributed by atoms with Crippen molar-refractivity contribution < 1.29 is 14.7 Å². The Bertz CT molecular complexity index is 747. The topological polar surface area (TPSA) is 57.6 Å². The first kappa shape index (κ1) is 16.5. The fourth-order valence-electron chi connectivity index (χ4n) is 3.21. The first-order chi connectivity index (χ1) is 11.6. The summed E-state index contributed by atoms with van der Waals surface area (Å²) in [4.78, 5) is 25.8. The maximum atomic E-state index is 12.6. The van der Waals surface area contributed by atoms with Crippen molar-refractivity contribution in [3.8, 4) is 0 Å². The van der Waals surface area contributed by atoms with Crippen LogP contribution in [0.1, 0.15) is 17.0 Å². The van der Waals surface area contributed by atoms with Crippen LogP contribution in [0.3, 0.4) is 0 Å². The molecule has 0 saturated carbocycles. The summed E-state index contributed by atoms with van der Waals surface area (Å²) >= 11 is 6.11. The third-order valence-electron chi connectivity index (χ3n) is 4.52. The van der Waals surface area contributed by atoms with Gasteiger partial charge in [0.05, 0.1) is 12.3 Å². The van der Waals surface area contributed by atoms with Crippen molar-refractivity contribution in [2.75, 3.05) is 13.1 Å². The lowest BCUT2D eigenvalue weighted by molar-refractivity contribution is -0.141. The minimum absolute atomic E-state index is 0.0900. The lowest BCUT2D eigenvalue weighted by atomic mass is 9.89. The zero-order valence-corrected chi connectivity index (χ0v) is 13.8. The van der Waals surface area contributed by atoms with Gasteiger partial charge in [-0.2, -0.15) is 0 Å². The van der Waals surface area contributed by atoms with E-state index in [-0.39, 0.29) is 24.8 Å². The molecule has 24 heavy (non-hydrogen) atoms. The van der Waals surface area contributed by atoms with Gasteiger partial charge in [-0.05, 0) is 17.2 Å². The monoisotopic (exact) mass is 343 g/mol. The maximum absolute atomic E-state index is 12.6.